The lowest BCUT2D eigenvalue weighted by Crippen LogP contribution is -2.46. The molecule has 1 heterocycles. The predicted molar refractivity (Wildman–Crippen MR) is 77.6 cm³/mol. The van der Waals surface area contributed by atoms with Gasteiger partial charge >= 0.3 is 0 Å². The van der Waals surface area contributed by atoms with Gasteiger partial charge in [-0.3, -0.25) is 0 Å². The van der Waals surface area contributed by atoms with Gasteiger partial charge in [-0.05, 0) is 32.6 Å². The van der Waals surface area contributed by atoms with Crippen LogP contribution in [-0.4, -0.2) is 27.2 Å². The molecule has 4 nitrogen and oxygen atoms in total. The van der Waals surface area contributed by atoms with E-state index in [1.807, 2.05) is 13.8 Å². The highest BCUT2D eigenvalue weighted by atomic mass is 35.5. The van der Waals surface area contributed by atoms with Crippen molar-refractivity contribution in [2.24, 2.45) is 5.92 Å². The van der Waals surface area contributed by atoms with Crippen LogP contribution in [-0.2, 0) is 0 Å². The van der Waals surface area contributed by atoms with Crippen LogP contribution < -0.4 is 5.32 Å². The maximum Gasteiger partial charge on any atom is 0.171 e. The smallest absolute Gasteiger partial charge is 0.171 e. The second-order valence-corrected chi connectivity index (χ2v) is 6.16. The molecule has 1 fully saturated rings. The number of hydrogen-bond donors (Lipinski definition) is 2. The first kappa shape index (κ1) is 14.5. The van der Waals surface area contributed by atoms with Crippen LogP contribution in [0.1, 0.15) is 44.0 Å². The zero-order valence-corrected chi connectivity index (χ0v) is 12.6. The quantitative estimate of drug-likeness (QED) is 0.895. The van der Waals surface area contributed by atoms with Crippen molar-refractivity contribution in [3.63, 3.8) is 0 Å². The van der Waals surface area contributed by atoms with Gasteiger partial charge in [-0.25, -0.2) is 9.97 Å². The van der Waals surface area contributed by atoms with Crippen LogP contribution in [0.2, 0.25) is 5.15 Å². The Hall–Kier alpha value is -0.870. The minimum Gasteiger partial charge on any atom is -0.394 e. The van der Waals surface area contributed by atoms with Crippen LogP contribution in [0.25, 0.3) is 0 Å². The Morgan fingerprint density at radius 1 is 1.37 bits per heavy atom. The summed E-state index contributed by atoms with van der Waals surface area (Å²) in [6.45, 7) is 6.13. The van der Waals surface area contributed by atoms with E-state index in [-0.39, 0.29) is 12.1 Å². The molecular formula is C14H22ClN3O. The molecule has 0 spiro atoms. The van der Waals surface area contributed by atoms with Gasteiger partial charge in [0, 0.05) is 0 Å². The van der Waals surface area contributed by atoms with Gasteiger partial charge in [0.1, 0.15) is 0 Å². The minimum absolute atomic E-state index is 0.0995. The molecule has 1 aromatic rings. The maximum atomic E-state index is 9.78. The summed E-state index contributed by atoms with van der Waals surface area (Å²) < 4.78 is 0. The summed E-state index contributed by atoms with van der Waals surface area (Å²) >= 11 is 6.16. The number of halogens is 1. The number of anilines is 1. The zero-order valence-electron chi connectivity index (χ0n) is 11.8. The van der Waals surface area contributed by atoms with Crippen molar-refractivity contribution >= 4 is 17.4 Å². The van der Waals surface area contributed by atoms with Crippen LogP contribution >= 0.6 is 11.6 Å². The van der Waals surface area contributed by atoms with E-state index >= 15 is 0 Å². The van der Waals surface area contributed by atoms with Gasteiger partial charge in [-0.15, -0.1) is 0 Å². The zero-order chi connectivity index (χ0) is 14.0. The lowest BCUT2D eigenvalue weighted by molar-refractivity contribution is 0.149. The van der Waals surface area contributed by atoms with E-state index in [4.69, 9.17) is 11.6 Å². The van der Waals surface area contributed by atoms with Crippen molar-refractivity contribution in [3.05, 3.63) is 16.5 Å². The van der Waals surface area contributed by atoms with Gasteiger partial charge < -0.3 is 10.4 Å². The number of aromatic nitrogens is 2. The normalized spacial score (nSPS) is 27.3. The lowest BCUT2D eigenvalue weighted by Gasteiger charge is -2.39. The summed E-state index contributed by atoms with van der Waals surface area (Å²) in [4.78, 5) is 8.75. The van der Waals surface area contributed by atoms with E-state index in [1.165, 1.54) is 6.42 Å². The van der Waals surface area contributed by atoms with E-state index in [9.17, 15) is 5.11 Å². The third kappa shape index (κ3) is 3.18. The van der Waals surface area contributed by atoms with Crippen molar-refractivity contribution in [2.45, 2.75) is 52.0 Å². The molecule has 2 N–H and O–H groups in total. The number of aryl methyl sites for hydroxylation is 2. The largest absolute Gasteiger partial charge is 0.394 e. The first-order valence-electron chi connectivity index (χ1n) is 6.85. The van der Waals surface area contributed by atoms with Crippen LogP contribution in [0, 0.1) is 19.8 Å². The van der Waals surface area contributed by atoms with Gasteiger partial charge in [0.2, 0.25) is 0 Å². The summed E-state index contributed by atoms with van der Waals surface area (Å²) in [5, 5.41) is 13.5. The Balaban J connectivity index is 2.25. The molecule has 1 aromatic heterocycles. The molecule has 0 bridgehead atoms. The van der Waals surface area contributed by atoms with Gasteiger partial charge in [0.15, 0.2) is 11.0 Å². The maximum absolute atomic E-state index is 9.78. The number of aliphatic hydroxyl groups is 1. The molecule has 5 heteroatoms. The summed E-state index contributed by atoms with van der Waals surface area (Å²) in [7, 11) is 0. The summed E-state index contributed by atoms with van der Waals surface area (Å²) in [6, 6.07) is 0. The molecule has 0 aromatic carbocycles. The number of rotatable bonds is 3. The average Bonchev–Trinajstić information content (AvgIpc) is 2.36. The number of hydrogen-bond acceptors (Lipinski definition) is 4. The van der Waals surface area contributed by atoms with E-state index in [2.05, 4.69) is 22.2 Å². The third-order valence-electron chi connectivity index (χ3n) is 4.04. The summed E-state index contributed by atoms with van der Waals surface area (Å²) in [5.41, 5.74) is 1.40. The molecule has 2 atom stereocenters. The van der Waals surface area contributed by atoms with Gasteiger partial charge in [0.05, 0.1) is 23.5 Å². The summed E-state index contributed by atoms with van der Waals surface area (Å²) in [6.07, 6.45) is 4.22. The molecule has 106 valence electrons. The Labute approximate surface area is 119 Å². The molecule has 1 aliphatic carbocycles. The molecule has 2 unspecified atom stereocenters. The summed E-state index contributed by atoms with van der Waals surface area (Å²) in [5.74, 6) is 1.19. The number of nitrogens with one attached hydrogen (secondary N) is 1. The molecule has 1 aliphatic rings. The fourth-order valence-corrected chi connectivity index (χ4v) is 3.08. The topological polar surface area (TPSA) is 58.0 Å². The molecule has 19 heavy (non-hydrogen) atoms. The van der Waals surface area contributed by atoms with E-state index in [0.717, 1.165) is 30.7 Å². The monoisotopic (exact) mass is 283 g/mol. The SMILES string of the molecule is Cc1nc(Cl)c(NC2(CO)CCCC(C)C2)nc1C. The van der Waals surface area contributed by atoms with Gasteiger partial charge in [-0.2, -0.15) is 0 Å². The van der Waals surface area contributed by atoms with Crippen LogP contribution in [0.15, 0.2) is 0 Å². The molecular weight excluding hydrogens is 262 g/mol. The van der Waals surface area contributed by atoms with E-state index in [0.29, 0.717) is 16.9 Å². The Morgan fingerprint density at radius 3 is 2.68 bits per heavy atom. The fraction of sp³-hybridized carbons (Fsp3) is 0.714. The average molecular weight is 284 g/mol. The van der Waals surface area contributed by atoms with Crippen molar-refractivity contribution in [1.29, 1.82) is 0 Å². The van der Waals surface area contributed by atoms with E-state index < -0.39 is 0 Å². The molecule has 1 saturated carbocycles. The minimum atomic E-state index is -0.308. The predicted octanol–water partition coefficient (Wildman–Crippen LogP) is 3.10. The first-order chi connectivity index (χ1) is 8.96. The van der Waals surface area contributed by atoms with Crippen LogP contribution in [0.3, 0.4) is 0 Å². The molecule has 2 rings (SSSR count). The molecule has 0 amide bonds. The van der Waals surface area contributed by atoms with Gasteiger partial charge in [-0.1, -0.05) is 31.4 Å². The number of nitrogens with zero attached hydrogens (tertiary/aromatic N) is 2. The Morgan fingerprint density at radius 2 is 2.05 bits per heavy atom. The Kier molecular flexibility index (Phi) is 4.31. The molecule has 0 radical (unpaired) electrons. The van der Waals surface area contributed by atoms with Crippen molar-refractivity contribution < 1.29 is 5.11 Å². The highest BCUT2D eigenvalue weighted by Gasteiger charge is 2.35. The highest BCUT2D eigenvalue weighted by Crippen LogP contribution is 2.35. The van der Waals surface area contributed by atoms with Crippen LogP contribution in [0.4, 0.5) is 5.82 Å². The standard InChI is InChI=1S/C14H22ClN3O/c1-9-5-4-6-14(7-9,8-19)18-13-12(15)16-10(2)11(3)17-13/h9,19H,4-8H2,1-3H3,(H,17,18). The van der Waals surface area contributed by atoms with Crippen molar-refractivity contribution in [1.82, 2.24) is 9.97 Å². The highest BCUT2D eigenvalue weighted by molar-refractivity contribution is 6.31. The third-order valence-corrected chi connectivity index (χ3v) is 4.31. The van der Waals surface area contributed by atoms with Crippen molar-refractivity contribution in [2.75, 3.05) is 11.9 Å². The Bertz CT molecular complexity index is 466. The van der Waals surface area contributed by atoms with E-state index in [1.54, 1.807) is 0 Å². The fourth-order valence-electron chi connectivity index (χ4n) is 2.86. The second-order valence-electron chi connectivity index (χ2n) is 5.80. The van der Waals surface area contributed by atoms with Crippen molar-refractivity contribution in [3.8, 4) is 0 Å². The van der Waals surface area contributed by atoms with Crippen LogP contribution in [0.5, 0.6) is 0 Å². The molecule has 0 saturated heterocycles. The lowest BCUT2D eigenvalue weighted by atomic mass is 9.77. The first-order valence-corrected chi connectivity index (χ1v) is 7.23. The van der Waals surface area contributed by atoms with Gasteiger partial charge in [0.25, 0.3) is 0 Å². The number of aliphatic hydroxyl groups excluding tert-OH is 1. The second kappa shape index (κ2) is 5.63. The molecule has 0 aliphatic heterocycles.